The van der Waals surface area contributed by atoms with Crippen molar-refractivity contribution in [3.05, 3.63) is 24.3 Å². The minimum absolute atomic E-state index is 0.352. The minimum atomic E-state index is -3.39. The van der Waals surface area contributed by atoms with Crippen molar-refractivity contribution in [1.82, 2.24) is 4.31 Å². The van der Waals surface area contributed by atoms with Crippen molar-refractivity contribution >= 4 is 27.5 Å². The smallest absolute Gasteiger partial charge is 0.244 e. The standard InChI is InChI=1S/C13H20N2O2S2/c1-15(2)19(16,17)13-6-4-3-5-12(13)14-9-11-7-8-18-10-11/h3-6,11,14H,7-10H2,1-2H3. The van der Waals surface area contributed by atoms with E-state index in [-0.39, 0.29) is 0 Å². The molecule has 0 saturated carbocycles. The lowest BCUT2D eigenvalue weighted by Crippen LogP contribution is -2.24. The molecule has 4 nitrogen and oxygen atoms in total. The van der Waals surface area contributed by atoms with Crippen LogP contribution in [-0.4, -0.2) is 44.9 Å². The van der Waals surface area contributed by atoms with Crippen LogP contribution in [0.1, 0.15) is 6.42 Å². The van der Waals surface area contributed by atoms with Crippen molar-refractivity contribution in [3.8, 4) is 0 Å². The van der Waals surface area contributed by atoms with Gasteiger partial charge in [0, 0.05) is 20.6 Å². The fourth-order valence-corrected chi connectivity index (χ4v) is 4.38. The lowest BCUT2D eigenvalue weighted by Gasteiger charge is -2.17. The van der Waals surface area contributed by atoms with E-state index in [1.54, 1.807) is 26.2 Å². The number of benzene rings is 1. The molecule has 1 atom stereocenters. The summed E-state index contributed by atoms with van der Waals surface area (Å²) in [6.45, 7) is 0.840. The van der Waals surface area contributed by atoms with E-state index in [4.69, 9.17) is 0 Å². The Morgan fingerprint density at radius 3 is 2.74 bits per heavy atom. The van der Waals surface area contributed by atoms with Crippen molar-refractivity contribution in [3.63, 3.8) is 0 Å². The molecule has 1 aromatic carbocycles. The fraction of sp³-hybridized carbons (Fsp3) is 0.538. The van der Waals surface area contributed by atoms with Crippen molar-refractivity contribution in [2.24, 2.45) is 5.92 Å². The maximum absolute atomic E-state index is 12.2. The molecule has 0 aliphatic carbocycles. The fourth-order valence-electron chi connectivity index (χ4n) is 2.03. The molecule has 0 radical (unpaired) electrons. The van der Waals surface area contributed by atoms with Crippen LogP contribution < -0.4 is 5.32 Å². The highest BCUT2D eigenvalue weighted by Crippen LogP contribution is 2.26. The van der Waals surface area contributed by atoms with Gasteiger partial charge in [0.15, 0.2) is 0 Å². The Bertz CT molecular complexity index is 523. The Labute approximate surface area is 119 Å². The Kier molecular flexibility index (Phi) is 4.76. The number of sulfonamides is 1. The van der Waals surface area contributed by atoms with E-state index in [1.807, 2.05) is 23.9 Å². The molecule has 6 heteroatoms. The number of anilines is 1. The minimum Gasteiger partial charge on any atom is -0.384 e. The van der Waals surface area contributed by atoms with E-state index in [9.17, 15) is 8.42 Å². The highest BCUT2D eigenvalue weighted by Gasteiger charge is 2.22. The zero-order chi connectivity index (χ0) is 13.9. The number of hydrogen-bond acceptors (Lipinski definition) is 4. The van der Waals surface area contributed by atoms with Crippen LogP contribution in [0.15, 0.2) is 29.2 Å². The van der Waals surface area contributed by atoms with Crippen LogP contribution in [0.5, 0.6) is 0 Å². The molecule has 2 rings (SSSR count). The lowest BCUT2D eigenvalue weighted by molar-refractivity contribution is 0.521. The van der Waals surface area contributed by atoms with E-state index < -0.39 is 10.0 Å². The summed E-state index contributed by atoms with van der Waals surface area (Å²) in [5.41, 5.74) is 0.702. The third-order valence-electron chi connectivity index (χ3n) is 3.25. The van der Waals surface area contributed by atoms with E-state index in [0.717, 1.165) is 12.3 Å². The summed E-state index contributed by atoms with van der Waals surface area (Å²) in [5, 5.41) is 3.30. The summed E-state index contributed by atoms with van der Waals surface area (Å²) in [7, 11) is -0.277. The molecule has 0 amide bonds. The average molecular weight is 300 g/mol. The quantitative estimate of drug-likeness (QED) is 0.905. The molecule has 1 fully saturated rings. The lowest BCUT2D eigenvalue weighted by atomic mass is 10.1. The topological polar surface area (TPSA) is 49.4 Å². The van der Waals surface area contributed by atoms with Crippen molar-refractivity contribution in [1.29, 1.82) is 0 Å². The van der Waals surface area contributed by atoms with Gasteiger partial charge in [-0.25, -0.2) is 12.7 Å². The summed E-state index contributed by atoms with van der Waals surface area (Å²) in [5.74, 6) is 3.01. The van der Waals surface area contributed by atoms with Gasteiger partial charge in [0.2, 0.25) is 10.0 Å². The summed E-state index contributed by atoms with van der Waals surface area (Å²) in [6, 6.07) is 7.10. The maximum Gasteiger partial charge on any atom is 0.244 e. The Balaban J connectivity index is 2.16. The normalized spacial score (nSPS) is 19.8. The van der Waals surface area contributed by atoms with Gasteiger partial charge >= 0.3 is 0 Å². The maximum atomic E-state index is 12.2. The van der Waals surface area contributed by atoms with Crippen LogP contribution in [0.2, 0.25) is 0 Å². The van der Waals surface area contributed by atoms with E-state index in [2.05, 4.69) is 5.32 Å². The molecule has 1 aliphatic heterocycles. The number of nitrogens with zero attached hydrogens (tertiary/aromatic N) is 1. The van der Waals surface area contributed by atoms with Crippen LogP contribution in [0.3, 0.4) is 0 Å². The van der Waals surface area contributed by atoms with Crippen LogP contribution in [-0.2, 0) is 10.0 Å². The zero-order valence-electron chi connectivity index (χ0n) is 11.3. The van der Waals surface area contributed by atoms with Crippen LogP contribution in [0.25, 0.3) is 0 Å². The summed E-state index contributed by atoms with van der Waals surface area (Å²) >= 11 is 1.97. The number of rotatable bonds is 5. The summed E-state index contributed by atoms with van der Waals surface area (Å²) in [4.78, 5) is 0.352. The molecule has 19 heavy (non-hydrogen) atoms. The highest BCUT2D eigenvalue weighted by molar-refractivity contribution is 7.99. The first-order valence-electron chi connectivity index (χ1n) is 6.35. The van der Waals surface area contributed by atoms with Gasteiger partial charge in [-0.15, -0.1) is 0 Å². The predicted molar refractivity (Wildman–Crippen MR) is 81.2 cm³/mol. The highest BCUT2D eigenvalue weighted by atomic mass is 32.2. The number of hydrogen-bond donors (Lipinski definition) is 1. The molecular weight excluding hydrogens is 280 g/mol. The van der Waals surface area contributed by atoms with E-state index >= 15 is 0 Å². The summed E-state index contributed by atoms with van der Waals surface area (Å²) < 4.78 is 25.7. The van der Waals surface area contributed by atoms with Crippen LogP contribution in [0, 0.1) is 5.92 Å². The second kappa shape index (κ2) is 6.15. The van der Waals surface area contributed by atoms with Crippen LogP contribution >= 0.6 is 11.8 Å². The Hall–Kier alpha value is -0.720. The van der Waals surface area contributed by atoms with Gasteiger partial charge in [0.25, 0.3) is 0 Å². The van der Waals surface area contributed by atoms with Crippen molar-refractivity contribution in [2.75, 3.05) is 37.5 Å². The number of thioether (sulfide) groups is 1. The molecular formula is C13H20N2O2S2. The molecule has 1 unspecified atom stereocenters. The first kappa shape index (κ1) is 14.7. The van der Waals surface area contributed by atoms with Gasteiger partial charge in [-0.1, -0.05) is 12.1 Å². The second-order valence-corrected chi connectivity index (χ2v) is 8.16. The van der Waals surface area contributed by atoms with Gasteiger partial charge in [-0.2, -0.15) is 11.8 Å². The molecule has 1 heterocycles. The third-order valence-corrected chi connectivity index (χ3v) is 6.36. The Morgan fingerprint density at radius 2 is 2.11 bits per heavy atom. The Morgan fingerprint density at radius 1 is 1.37 bits per heavy atom. The molecule has 1 saturated heterocycles. The van der Waals surface area contributed by atoms with E-state index in [1.165, 1.54) is 16.5 Å². The molecule has 0 aromatic heterocycles. The molecule has 0 bridgehead atoms. The van der Waals surface area contributed by atoms with Crippen molar-refractivity contribution < 1.29 is 8.42 Å². The number of para-hydroxylation sites is 1. The van der Waals surface area contributed by atoms with E-state index in [0.29, 0.717) is 16.5 Å². The van der Waals surface area contributed by atoms with Gasteiger partial charge < -0.3 is 5.32 Å². The van der Waals surface area contributed by atoms with Gasteiger partial charge in [-0.05, 0) is 36.0 Å². The van der Waals surface area contributed by atoms with Crippen molar-refractivity contribution in [2.45, 2.75) is 11.3 Å². The SMILES string of the molecule is CN(C)S(=O)(=O)c1ccccc1NCC1CCSC1. The third kappa shape index (κ3) is 3.43. The molecule has 0 spiro atoms. The van der Waals surface area contributed by atoms with Gasteiger partial charge in [0.05, 0.1) is 5.69 Å². The largest absolute Gasteiger partial charge is 0.384 e. The number of nitrogens with one attached hydrogen (secondary N) is 1. The molecule has 1 aromatic rings. The summed E-state index contributed by atoms with van der Waals surface area (Å²) in [6.07, 6.45) is 1.21. The van der Waals surface area contributed by atoms with Gasteiger partial charge in [0.1, 0.15) is 4.90 Å². The molecule has 1 N–H and O–H groups in total. The first-order valence-corrected chi connectivity index (χ1v) is 8.94. The predicted octanol–water partition coefficient (Wildman–Crippen LogP) is 2.10. The second-order valence-electron chi connectivity index (χ2n) is 4.89. The zero-order valence-corrected chi connectivity index (χ0v) is 12.9. The monoisotopic (exact) mass is 300 g/mol. The molecule has 1 aliphatic rings. The van der Waals surface area contributed by atoms with Crippen LogP contribution in [0.4, 0.5) is 5.69 Å². The molecule has 106 valence electrons. The first-order chi connectivity index (χ1) is 9.01. The van der Waals surface area contributed by atoms with Gasteiger partial charge in [-0.3, -0.25) is 0 Å². The average Bonchev–Trinajstić information content (AvgIpc) is 2.89.